The molecule has 1 heterocycles. The van der Waals surface area contributed by atoms with Gasteiger partial charge in [0, 0.05) is 37.8 Å². The van der Waals surface area contributed by atoms with Gasteiger partial charge < -0.3 is 4.90 Å². The summed E-state index contributed by atoms with van der Waals surface area (Å²) in [4.78, 5) is 7.68. The number of likely N-dealkylation sites (N-methyl/N-ethyl adjacent to an activating group) is 1. The van der Waals surface area contributed by atoms with Crippen molar-refractivity contribution in [1.82, 2.24) is 14.7 Å². The van der Waals surface area contributed by atoms with E-state index in [0.717, 1.165) is 6.04 Å². The zero-order valence-corrected chi connectivity index (χ0v) is 15.4. The van der Waals surface area contributed by atoms with Crippen LogP contribution in [0.15, 0.2) is 24.3 Å². The van der Waals surface area contributed by atoms with Crippen molar-refractivity contribution in [3.05, 3.63) is 35.4 Å². The van der Waals surface area contributed by atoms with E-state index in [9.17, 15) is 0 Å². The lowest BCUT2D eigenvalue weighted by Crippen LogP contribution is -2.53. The van der Waals surface area contributed by atoms with Gasteiger partial charge >= 0.3 is 0 Å². The van der Waals surface area contributed by atoms with Gasteiger partial charge in [-0.15, -0.1) is 0 Å². The smallest absolute Gasteiger partial charge is 0.0458 e. The van der Waals surface area contributed by atoms with Crippen LogP contribution in [0.25, 0.3) is 0 Å². The first-order valence-corrected chi connectivity index (χ1v) is 9.19. The lowest BCUT2D eigenvalue weighted by Gasteiger charge is -2.49. The van der Waals surface area contributed by atoms with Gasteiger partial charge in [0.2, 0.25) is 0 Å². The highest BCUT2D eigenvalue weighted by Gasteiger charge is 2.40. The Morgan fingerprint density at radius 2 is 1.61 bits per heavy atom. The molecule has 3 nitrogen and oxygen atoms in total. The minimum absolute atomic E-state index is 0.231. The fraction of sp³-hybridized carbons (Fsp3) is 0.700. The molecule has 3 rings (SSSR count). The van der Waals surface area contributed by atoms with Crippen LogP contribution in [0, 0.1) is 6.92 Å². The van der Waals surface area contributed by atoms with Crippen molar-refractivity contribution in [2.75, 3.05) is 47.3 Å². The molecular formula is C20H33N3. The summed E-state index contributed by atoms with van der Waals surface area (Å²) in [6.45, 7) is 7.23. The minimum Gasteiger partial charge on any atom is -0.304 e. The maximum Gasteiger partial charge on any atom is 0.0458 e. The van der Waals surface area contributed by atoms with E-state index in [4.69, 9.17) is 0 Å². The van der Waals surface area contributed by atoms with Crippen LogP contribution in [0.2, 0.25) is 0 Å². The van der Waals surface area contributed by atoms with E-state index in [2.05, 4.69) is 67.0 Å². The Kier molecular flexibility index (Phi) is 5.10. The Bertz CT molecular complexity index is 509. The van der Waals surface area contributed by atoms with E-state index in [1.54, 1.807) is 5.56 Å². The average molecular weight is 316 g/mol. The third-order valence-corrected chi connectivity index (χ3v) is 6.34. The van der Waals surface area contributed by atoms with Gasteiger partial charge in [-0.2, -0.15) is 0 Å². The summed E-state index contributed by atoms with van der Waals surface area (Å²) in [5.41, 5.74) is 3.22. The van der Waals surface area contributed by atoms with Gasteiger partial charge in [0.05, 0.1) is 0 Å². The number of aryl methyl sites for hydroxylation is 1. The van der Waals surface area contributed by atoms with Gasteiger partial charge in [0.25, 0.3) is 0 Å². The van der Waals surface area contributed by atoms with Crippen LogP contribution in [0.1, 0.15) is 36.8 Å². The molecule has 3 heteroatoms. The lowest BCUT2D eigenvalue weighted by atomic mass is 9.72. The SMILES string of the molecule is Cc1ccccc1C1(N(C)C)CCC(N2CCN(C)CC2)CC1. The Hall–Kier alpha value is -0.900. The van der Waals surface area contributed by atoms with Gasteiger partial charge in [-0.05, 0) is 64.9 Å². The van der Waals surface area contributed by atoms with Crippen molar-refractivity contribution in [2.45, 2.75) is 44.2 Å². The van der Waals surface area contributed by atoms with E-state index in [0.29, 0.717) is 0 Å². The first-order chi connectivity index (χ1) is 11.0. The normalized spacial score (nSPS) is 30.7. The number of nitrogens with zero attached hydrogens (tertiary/aromatic N) is 3. The maximum absolute atomic E-state index is 2.75. The Morgan fingerprint density at radius 1 is 1.00 bits per heavy atom. The molecule has 0 aromatic heterocycles. The molecule has 0 spiro atoms. The quantitative estimate of drug-likeness (QED) is 0.849. The summed E-state index contributed by atoms with van der Waals surface area (Å²) in [6.07, 6.45) is 5.22. The molecule has 1 aliphatic carbocycles. The number of piperazine rings is 1. The van der Waals surface area contributed by atoms with Crippen LogP contribution in [0.4, 0.5) is 0 Å². The molecule has 128 valence electrons. The van der Waals surface area contributed by atoms with Gasteiger partial charge in [0.15, 0.2) is 0 Å². The van der Waals surface area contributed by atoms with E-state index in [1.807, 2.05) is 0 Å². The molecule has 0 atom stereocenters. The minimum atomic E-state index is 0.231. The molecular weight excluding hydrogens is 282 g/mol. The zero-order chi connectivity index (χ0) is 16.4. The first kappa shape index (κ1) is 16.9. The van der Waals surface area contributed by atoms with Gasteiger partial charge in [0.1, 0.15) is 0 Å². The van der Waals surface area contributed by atoms with Crippen molar-refractivity contribution in [1.29, 1.82) is 0 Å². The van der Waals surface area contributed by atoms with E-state index in [-0.39, 0.29) is 5.54 Å². The second-order valence-electron chi connectivity index (χ2n) is 7.81. The largest absolute Gasteiger partial charge is 0.304 e. The van der Waals surface area contributed by atoms with Crippen LogP contribution in [-0.4, -0.2) is 68.1 Å². The van der Waals surface area contributed by atoms with Crippen LogP contribution >= 0.6 is 0 Å². The van der Waals surface area contributed by atoms with Gasteiger partial charge in [-0.25, -0.2) is 0 Å². The molecule has 0 unspecified atom stereocenters. The fourth-order valence-corrected chi connectivity index (χ4v) is 4.68. The van der Waals surface area contributed by atoms with Crippen molar-refractivity contribution in [3.8, 4) is 0 Å². The summed E-state index contributed by atoms with van der Waals surface area (Å²) in [6, 6.07) is 9.79. The molecule has 0 amide bonds. The number of rotatable bonds is 3. The van der Waals surface area contributed by atoms with E-state index in [1.165, 1.54) is 57.4 Å². The third kappa shape index (κ3) is 3.33. The average Bonchev–Trinajstić information content (AvgIpc) is 2.56. The summed E-state index contributed by atoms with van der Waals surface area (Å²) in [5.74, 6) is 0. The molecule has 1 aliphatic heterocycles. The number of benzene rings is 1. The Balaban J connectivity index is 1.73. The molecule has 1 aromatic carbocycles. The lowest BCUT2D eigenvalue weighted by molar-refractivity contribution is 0.0311. The Labute approximate surface area is 142 Å². The summed E-state index contributed by atoms with van der Waals surface area (Å²) in [7, 11) is 6.78. The van der Waals surface area contributed by atoms with E-state index < -0.39 is 0 Å². The highest BCUT2D eigenvalue weighted by molar-refractivity contribution is 5.33. The molecule has 23 heavy (non-hydrogen) atoms. The van der Waals surface area contributed by atoms with E-state index >= 15 is 0 Å². The second kappa shape index (κ2) is 6.92. The molecule has 1 saturated carbocycles. The molecule has 1 aromatic rings. The van der Waals surface area contributed by atoms with Crippen molar-refractivity contribution in [3.63, 3.8) is 0 Å². The highest BCUT2D eigenvalue weighted by atomic mass is 15.3. The van der Waals surface area contributed by atoms with Gasteiger partial charge in [-0.1, -0.05) is 24.3 Å². The van der Waals surface area contributed by atoms with Crippen LogP contribution in [0.5, 0.6) is 0 Å². The van der Waals surface area contributed by atoms with Crippen molar-refractivity contribution >= 4 is 0 Å². The standard InChI is InChI=1S/C20H33N3/c1-17-7-5-6-8-19(17)20(21(2)3)11-9-18(10-12-20)23-15-13-22(4)14-16-23/h5-8,18H,9-16H2,1-4H3. The second-order valence-corrected chi connectivity index (χ2v) is 7.81. The van der Waals surface area contributed by atoms with Crippen LogP contribution in [0.3, 0.4) is 0 Å². The summed E-state index contributed by atoms with van der Waals surface area (Å²) < 4.78 is 0. The topological polar surface area (TPSA) is 9.72 Å². The molecule has 0 radical (unpaired) electrons. The predicted octanol–water partition coefficient (Wildman–Crippen LogP) is 2.94. The molecule has 2 aliphatic rings. The molecule has 0 bridgehead atoms. The van der Waals surface area contributed by atoms with Crippen LogP contribution < -0.4 is 0 Å². The fourth-order valence-electron chi connectivity index (χ4n) is 4.68. The third-order valence-electron chi connectivity index (χ3n) is 6.34. The summed E-state index contributed by atoms with van der Waals surface area (Å²) >= 11 is 0. The molecule has 0 N–H and O–H groups in total. The predicted molar refractivity (Wildman–Crippen MR) is 97.9 cm³/mol. The van der Waals surface area contributed by atoms with Crippen molar-refractivity contribution in [2.24, 2.45) is 0 Å². The first-order valence-electron chi connectivity index (χ1n) is 9.19. The Morgan fingerprint density at radius 3 is 2.17 bits per heavy atom. The maximum atomic E-state index is 2.75. The summed E-state index contributed by atoms with van der Waals surface area (Å²) in [5, 5.41) is 0. The zero-order valence-electron chi connectivity index (χ0n) is 15.4. The highest BCUT2D eigenvalue weighted by Crippen LogP contribution is 2.43. The number of hydrogen-bond donors (Lipinski definition) is 0. The van der Waals surface area contributed by atoms with Gasteiger partial charge in [-0.3, -0.25) is 9.80 Å². The van der Waals surface area contributed by atoms with Crippen LogP contribution in [-0.2, 0) is 5.54 Å². The molecule has 2 fully saturated rings. The molecule has 1 saturated heterocycles. The van der Waals surface area contributed by atoms with Crippen molar-refractivity contribution < 1.29 is 0 Å². The number of hydrogen-bond acceptors (Lipinski definition) is 3. The monoisotopic (exact) mass is 315 g/mol.